The second kappa shape index (κ2) is 6.97. The van der Waals surface area contributed by atoms with Crippen LogP contribution in [0.2, 0.25) is 0 Å². The number of hydrogen-bond acceptors (Lipinski definition) is 2. The van der Waals surface area contributed by atoms with Crippen molar-refractivity contribution >= 4 is 5.91 Å². The third kappa shape index (κ3) is 3.99. The average Bonchev–Trinajstić information content (AvgIpc) is 2.95. The van der Waals surface area contributed by atoms with Crippen LogP contribution in [0.4, 0.5) is 0 Å². The van der Waals surface area contributed by atoms with Gasteiger partial charge in [0.1, 0.15) is 0 Å². The maximum atomic E-state index is 12.5. The average molecular weight is 308 g/mol. The first kappa shape index (κ1) is 15.8. The summed E-state index contributed by atoms with van der Waals surface area (Å²) in [7, 11) is 0. The molecular weight excluding hydrogens is 284 g/mol. The number of benzene rings is 2. The Morgan fingerprint density at radius 3 is 2.70 bits per heavy atom. The van der Waals surface area contributed by atoms with Crippen LogP contribution in [-0.4, -0.2) is 29.9 Å². The maximum absolute atomic E-state index is 12.5. The molecule has 1 amide bonds. The minimum absolute atomic E-state index is 0.0501. The Morgan fingerprint density at radius 1 is 1.17 bits per heavy atom. The third-order valence-corrected chi connectivity index (χ3v) is 4.48. The molecule has 0 aromatic heterocycles. The molecule has 23 heavy (non-hydrogen) atoms. The van der Waals surface area contributed by atoms with Gasteiger partial charge in [-0.05, 0) is 37.5 Å². The molecule has 0 radical (unpaired) electrons. The summed E-state index contributed by atoms with van der Waals surface area (Å²) in [5.74, 6) is 0.0501. The lowest BCUT2D eigenvalue weighted by atomic mass is 10.0. The zero-order valence-electron chi connectivity index (χ0n) is 13.9. The van der Waals surface area contributed by atoms with Crippen molar-refractivity contribution in [2.24, 2.45) is 0 Å². The van der Waals surface area contributed by atoms with Crippen molar-refractivity contribution in [1.82, 2.24) is 10.2 Å². The molecule has 3 nitrogen and oxygen atoms in total. The van der Waals surface area contributed by atoms with Crippen molar-refractivity contribution in [3.05, 3.63) is 70.8 Å². The zero-order chi connectivity index (χ0) is 16.2. The van der Waals surface area contributed by atoms with E-state index in [-0.39, 0.29) is 11.9 Å². The van der Waals surface area contributed by atoms with Gasteiger partial charge in [0.05, 0.1) is 0 Å². The number of rotatable bonds is 4. The van der Waals surface area contributed by atoms with Gasteiger partial charge in [-0.1, -0.05) is 48.0 Å². The number of amides is 1. The molecule has 1 heterocycles. The number of nitrogens with one attached hydrogen (secondary N) is 1. The largest absolute Gasteiger partial charge is 0.348 e. The second-order valence-corrected chi connectivity index (χ2v) is 6.50. The van der Waals surface area contributed by atoms with Gasteiger partial charge in [-0.15, -0.1) is 0 Å². The van der Waals surface area contributed by atoms with Gasteiger partial charge in [0.15, 0.2) is 0 Å². The molecule has 0 aliphatic carbocycles. The van der Waals surface area contributed by atoms with Gasteiger partial charge in [-0.3, -0.25) is 9.69 Å². The second-order valence-electron chi connectivity index (χ2n) is 6.50. The molecule has 1 fully saturated rings. The topological polar surface area (TPSA) is 32.3 Å². The number of carbonyl (C=O) groups is 1. The van der Waals surface area contributed by atoms with Gasteiger partial charge >= 0.3 is 0 Å². The van der Waals surface area contributed by atoms with Gasteiger partial charge in [0.25, 0.3) is 5.91 Å². The highest BCUT2D eigenvalue weighted by molar-refractivity contribution is 5.95. The van der Waals surface area contributed by atoms with E-state index in [1.807, 2.05) is 32.0 Å². The predicted octanol–water partition coefficient (Wildman–Crippen LogP) is 3.31. The first-order valence-corrected chi connectivity index (χ1v) is 8.26. The lowest BCUT2D eigenvalue weighted by Gasteiger charge is -2.17. The lowest BCUT2D eigenvalue weighted by molar-refractivity contribution is 0.0937. The summed E-state index contributed by atoms with van der Waals surface area (Å²) in [6, 6.07) is 16.7. The first-order valence-electron chi connectivity index (χ1n) is 8.26. The highest BCUT2D eigenvalue weighted by atomic mass is 16.1. The Hall–Kier alpha value is -2.13. The number of carbonyl (C=O) groups excluding carboxylic acids is 1. The molecule has 3 rings (SSSR count). The van der Waals surface area contributed by atoms with E-state index in [0.717, 1.165) is 37.2 Å². The van der Waals surface area contributed by atoms with E-state index in [1.54, 1.807) is 0 Å². The molecule has 1 aliphatic rings. The van der Waals surface area contributed by atoms with Gasteiger partial charge in [-0.2, -0.15) is 0 Å². The van der Waals surface area contributed by atoms with E-state index in [2.05, 4.69) is 40.5 Å². The van der Waals surface area contributed by atoms with Crippen molar-refractivity contribution in [3.8, 4) is 0 Å². The summed E-state index contributed by atoms with van der Waals surface area (Å²) in [5.41, 5.74) is 4.35. The molecule has 2 aromatic carbocycles. The Morgan fingerprint density at radius 2 is 1.96 bits per heavy atom. The number of likely N-dealkylation sites (tertiary alicyclic amines) is 1. The minimum Gasteiger partial charge on any atom is -0.348 e. The number of hydrogen-bond donors (Lipinski definition) is 1. The van der Waals surface area contributed by atoms with Crippen molar-refractivity contribution in [2.75, 3.05) is 13.1 Å². The van der Waals surface area contributed by atoms with Crippen molar-refractivity contribution in [1.29, 1.82) is 0 Å². The van der Waals surface area contributed by atoms with E-state index in [4.69, 9.17) is 0 Å². The molecule has 0 saturated carbocycles. The molecule has 1 unspecified atom stereocenters. The Balaban J connectivity index is 1.56. The van der Waals surface area contributed by atoms with Crippen molar-refractivity contribution < 1.29 is 4.79 Å². The van der Waals surface area contributed by atoms with E-state index >= 15 is 0 Å². The van der Waals surface area contributed by atoms with Crippen LogP contribution < -0.4 is 5.32 Å². The molecule has 1 aliphatic heterocycles. The first-order chi connectivity index (χ1) is 11.1. The standard InChI is InChI=1S/C20H24N2O/c1-15-8-9-19(16(2)12-15)20(23)21-18-10-11-22(14-18)13-17-6-4-3-5-7-17/h3-9,12,18H,10-11,13-14H2,1-2H3,(H,21,23). The van der Waals surface area contributed by atoms with Crippen LogP contribution in [0, 0.1) is 13.8 Å². The summed E-state index contributed by atoms with van der Waals surface area (Å²) in [5, 5.41) is 3.19. The molecule has 1 saturated heterocycles. The van der Waals surface area contributed by atoms with Crippen molar-refractivity contribution in [3.63, 3.8) is 0 Å². The summed E-state index contributed by atoms with van der Waals surface area (Å²) >= 11 is 0. The maximum Gasteiger partial charge on any atom is 0.251 e. The fraction of sp³-hybridized carbons (Fsp3) is 0.350. The van der Waals surface area contributed by atoms with Crippen LogP contribution in [0.1, 0.15) is 33.5 Å². The van der Waals surface area contributed by atoms with E-state index in [9.17, 15) is 4.79 Å². The molecule has 1 N–H and O–H groups in total. The summed E-state index contributed by atoms with van der Waals surface area (Å²) in [6.45, 7) is 6.96. The Labute approximate surface area is 138 Å². The quantitative estimate of drug-likeness (QED) is 0.940. The highest BCUT2D eigenvalue weighted by Gasteiger charge is 2.24. The molecule has 120 valence electrons. The SMILES string of the molecule is Cc1ccc(C(=O)NC2CCN(Cc3ccccc3)C2)c(C)c1. The molecule has 1 atom stereocenters. The third-order valence-electron chi connectivity index (χ3n) is 4.48. The van der Waals surface area contributed by atoms with Crippen LogP contribution in [0.3, 0.4) is 0 Å². The van der Waals surface area contributed by atoms with Gasteiger partial charge in [-0.25, -0.2) is 0 Å². The van der Waals surface area contributed by atoms with E-state index in [1.165, 1.54) is 11.1 Å². The minimum atomic E-state index is 0.0501. The number of aryl methyl sites for hydroxylation is 2. The molecule has 0 spiro atoms. The zero-order valence-corrected chi connectivity index (χ0v) is 13.9. The summed E-state index contributed by atoms with van der Waals surface area (Å²) in [6.07, 6.45) is 1.02. The normalized spacial score (nSPS) is 18.1. The molecule has 0 bridgehead atoms. The van der Waals surface area contributed by atoms with Gasteiger partial charge < -0.3 is 5.32 Å². The van der Waals surface area contributed by atoms with Crippen molar-refractivity contribution in [2.45, 2.75) is 32.9 Å². The molecular formula is C20H24N2O. The number of nitrogens with zero attached hydrogens (tertiary/aromatic N) is 1. The molecule has 3 heteroatoms. The van der Waals surface area contributed by atoms with Crippen LogP contribution >= 0.6 is 0 Å². The lowest BCUT2D eigenvalue weighted by Crippen LogP contribution is -2.37. The van der Waals surface area contributed by atoms with Crippen LogP contribution in [-0.2, 0) is 6.54 Å². The van der Waals surface area contributed by atoms with Gasteiger partial charge in [0, 0.05) is 31.2 Å². The van der Waals surface area contributed by atoms with E-state index in [0.29, 0.717) is 0 Å². The smallest absolute Gasteiger partial charge is 0.251 e. The van der Waals surface area contributed by atoms with Crippen LogP contribution in [0.5, 0.6) is 0 Å². The van der Waals surface area contributed by atoms with Gasteiger partial charge in [0.2, 0.25) is 0 Å². The predicted molar refractivity (Wildman–Crippen MR) is 93.5 cm³/mol. The molecule has 2 aromatic rings. The Kier molecular flexibility index (Phi) is 4.77. The van der Waals surface area contributed by atoms with E-state index < -0.39 is 0 Å². The fourth-order valence-electron chi connectivity index (χ4n) is 3.27. The highest BCUT2D eigenvalue weighted by Crippen LogP contribution is 2.15. The Bertz CT molecular complexity index is 681. The fourth-order valence-corrected chi connectivity index (χ4v) is 3.27. The summed E-state index contributed by atoms with van der Waals surface area (Å²) in [4.78, 5) is 14.9. The monoisotopic (exact) mass is 308 g/mol. The summed E-state index contributed by atoms with van der Waals surface area (Å²) < 4.78 is 0. The van der Waals surface area contributed by atoms with Crippen LogP contribution in [0.25, 0.3) is 0 Å². The van der Waals surface area contributed by atoms with Crippen LogP contribution in [0.15, 0.2) is 48.5 Å².